The molecule has 2 heteroatoms. The van der Waals surface area contributed by atoms with Crippen LogP contribution in [0.4, 0.5) is 0 Å². The molecular formula is C16H24O2. The normalized spacial score (nSPS) is 16.9. The van der Waals surface area contributed by atoms with Gasteiger partial charge in [0.1, 0.15) is 13.2 Å². The van der Waals surface area contributed by atoms with Crippen LogP contribution in [0.3, 0.4) is 0 Å². The second kappa shape index (κ2) is 6.48. The lowest BCUT2D eigenvalue weighted by Gasteiger charge is -2.32. The first-order valence-electron chi connectivity index (χ1n) is 6.52. The summed E-state index contributed by atoms with van der Waals surface area (Å²) in [6, 6.07) is 0. The molecule has 0 aliphatic carbocycles. The highest BCUT2D eigenvalue weighted by molar-refractivity contribution is 5.39. The van der Waals surface area contributed by atoms with Gasteiger partial charge in [0.2, 0.25) is 0 Å². The molecule has 1 aliphatic heterocycles. The Morgan fingerprint density at radius 3 is 2.50 bits per heavy atom. The number of rotatable bonds is 6. The molecule has 0 unspecified atom stereocenters. The second-order valence-electron chi connectivity index (χ2n) is 5.04. The van der Waals surface area contributed by atoms with E-state index in [1.807, 2.05) is 6.08 Å². The highest BCUT2D eigenvalue weighted by Gasteiger charge is 2.29. The average molecular weight is 248 g/mol. The highest BCUT2D eigenvalue weighted by atomic mass is 16.6. The molecule has 0 aromatic carbocycles. The number of allylic oxidation sites excluding steroid dienone is 4. The summed E-state index contributed by atoms with van der Waals surface area (Å²) in [4.78, 5) is 0. The molecule has 18 heavy (non-hydrogen) atoms. The van der Waals surface area contributed by atoms with Crippen molar-refractivity contribution in [2.75, 3.05) is 13.2 Å². The van der Waals surface area contributed by atoms with Crippen molar-refractivity contribution in [2.45, 2.75) is 33.6 Å². The van der Waals surface area contributed by atoms with Crippen molar-refractivity contribution in [1.29, 1.82) is 0 Å². The Bertz CT molecular complexity index is 373. The van der Waals surface area contributed by atoms with Crippen molar-refractivity contribution < 1.29 is 9.47 Å². The number of hydrogen-bond acceptors (Lipinski definition) is 2. The van der Waals surface area contributed by atoms with E-state index in [0.29, 0.717) is 13.2 Å². The van der Waals surface area contributed by atoms with Crippen molar-refractivity contribution in [1.82, 2.24) is 0 Å². The quantitative estimate of drug-likeness (QED) is 0.650. The zero-order valence-electron chi connectivity index (χ0n) is 11.8. The summed E-state index contributed by atoms with van der Waals surface area (Å²) in [6.07, 6.45) is 7.75. The lowest BCUT2D eigenvalue weighted by atomic mass is 9.78. The summed E-state index contributed by atoms with van der Waals surface area (Å²) in [5.74, 6) is 1.55. The fourth-order valence-electron chi connectivity index (χ4n) is 2.28. The first kappa shape index (κ1) is 14.6. The predicted molar refractivity (Wildman–Crippen MR) is 76.1 cm³/mol. The van der Waals surface area contributed by atoms with Gasteiger partial charge in [0, 0.05) is 5.57 Å². The van der Waals surface area contributed by atoms with Crippen LogP contribution in [0.2, 0.25) is 0 Å². The summed E-state index contributed by atoms with van der Waals surface area (Å²) in [6.45, 7) is 15.4. The standard InChI is InChI=1S/C16H24O2/c1-6-9-13(16(4,5)10-7-2)15-14(8-3)17-11-12-18-15/h6,8-9H,1,3,7,10-12H2,2,4-5H3/b13-9+. The third kappa shape index (κ3) is 3.28. The fourth-order valence-corrected chi connectivity index (χ4v) is 2.28. The van der Waals surface area contributed by atoms with Crippen molar-refractivity contribution >= 4 is 0 Å². The molecule has 0 atom stereocenters. The monoisotopic (exact) mass is 248 g/mol. The Balaban J connectivity index is 3.20. The van der Waals surface area contributed by atoms with E-state index in [1.54, 1.807) is 12.2 Å². The summed E-state index contributed by atoms with van der Waals surface area (Å²) in [5.41, 5.74) is 1.17. The van der Waals surface area contributed by atoms with Crippen molar-refractivity contribution in [2.24, 2.45) is 5.41 Å². The lowest BCUT2D eigenvalue weighted by molar-refractivity contribution is 0.0696. The summed E-state index contributed by atoms with van der Waals surface area (Å²) in [7, 11) is 0. The smallest absolute Gasteiger partial charge is 0.165 e. The summed E-state index contributed by atoms with van der Waals surface area (Å²) in [5, 5.41) is 0. The number of hydrogen-bond donors (Lipinski definition) is 0. The number of ether oxygens (including phenoxy) is 2. The molecule has 0 N–H and O–H groups in total. The van der Waals surface area contributed by atoms with E-state index >= 15 is 0 Å². The van der Waals surface area contributed by atoms with E-state index in [9.17, 15) is 0 Å². The summed E-state index contributed by atoms with van der Waals surface area (Å²) >= 11 is 0. The van der Waals surface area contributed by atoms with Gasteiger partial charge in [-0.3, -0.25) is 0 Å². The zero-order chi connectivity index (χ0) is 13.6. The van der Waals surface area contributed by atoms with Crippen molar-refractivity contribution in [3.63, 3.8) is 0 Å². The molecule has 100 valence electrons. The van der Waals surface area contributed by atoms with Gasteiger partial charge in [0.25, 0.3) is 0 Å². The molecule has 1 aliphatic rings. The Morgan fingerprint density at radius 2 is 1.94 bits per heavy atom. The Kier molecular flexibility index (Phi) is 5.26. The third-order valence-electron chi connectivity index (χ3n) is 3.13. The van der Waals surface area contributed by atoms with Gasteiger partial charge in [-0.1, -0.05) is 52.5 Å². The maximum absolute atomic E-state index is 5.80. The van der Waals surface area contributed by atoms with Gasteiger partial charge in [-0.15, -0.1) is 0 Å². The maximum Gasteiger partial charge on any atom is 0.165 e. The van der Waals surface area contributed by atoms with E-state index in [1.165, 1.54) is 0 Å². The second-order valence-corrected chi connectivity index (χ2v) is 5.04. The molecule has 0 saturated carbocycles. The third-order valence-corrected chi connectivity index (χ3v) is 3.13. The molecule has 0 fully saturated rings. The Morgan fingerprint density at radius 1 is 1.28 bits per heavy atom. The topological polar surface area (TPSA) is 18.5 Å². The van der Waals surface area contributed by atoms with Gasteiger partial charge in [-0.2, -0.15) is 0 Å². The Hall–Kier alpha value is -1.44. The lowest BCUT2D eigenvalue weighted by Crippen LogP contribution is -2.22. The van der Waals surface area contributed by atoms with Crippen LogP contribution in [0.15, 0.2) is 48.5 Å². The predicted octanol–water partition coefficient (Wildman–Crippen LogP) is 4.37. The molecule has 0 bridgehead atoms. The maximum atomic E-state index is 5.80. The first-order valence-corrected chi connectivity index (χ1v) is 6.52. The molecule has 0 radical (unpaired) electrons. The molecular weight excluding hydrogens is 224 g/mol. The largest absolute Gasteiger partial charge is 0.486 e. The average Bonchev–Trinajstić information content (AvgIpc) is 2.35. The molecule has 1 heterocycles. The minimum atomic E-state index is 0.0350. The van der Waals surface area contributed by atoms with E-state index in [0.717, 1.165) is 29.9 Å². The zero-order valence-corrected chi connectivity index (χ0v) is 11.8. The van der Waals surface area contributed by atoms with E-state index in [-0.39, 0.29) is 5.41 Å². The van der Waals surface area contributed by atoms with Crippen LogP contribution in [-0.2, 0) is 9.47 Å². The van der Waals surface area contributed by atoms with Crippen LogP contribution >= 0.6 is 0 Å². The van der Waals surface area contributed by atoms with Gasteiger partial charge in [-0.25, -0.2) is 0 Å². The Labute approximate surface area is 111 Å². The van der Waals surface area contributed by atoms with Gasteiger partial charge >= 0.3 is 0 Å². The van der Waals surface area contributed by atoms with Crippen LogP contribution in [0.1, 0.15) is 33.6 Å². The van der Waals surface area contributed by atoms with Crippen LogP contribution < -0.4 is 0 Å². The first-order chi connectivity index (χ1) is 8.56. The van der Waals surface area contributed by atoms with E-state index < -0.39 is 0 Å². The van der Waals surface area contributed by atoms with Gasteiger partial charge in [0.05, 0.1) is 0 Å². The molecule has 2 nitrogen and oxygen atoms in total. The molecule has 0 saturated heterocycles. The summed E-state index contributed by atoms with van der Waals surface area (Å²) < 4.78 is 11.4. The fraction of sp³-hybridized carbons (Fsp3) is 0.500. The minimum Gasteiger partial charge on any atom is -0.486 e. The van der Waals surface area contributed by atoms with Crippen molar-refractivity contribution in [3.05, 3.63) is 48.5 Å². The van der Waals surface area contributed by atoms with E-state index in [4.69, 9.17) is 9.47 Å². The molecule has 0 amide bonds. The van der Waals surface area contributed by atoms with Gasteiger partial charge in [0.15, 0.2) is 11.5 Å². The van der Waals surface area contributed by atoms with Gasteiger partial charge in [-0.05, 0) is 17.9 Å². The SMILES string of the molecule is C=C/C=C(\C1=C(C=C)OCCO1)C(C)(C)CCC. The highest BCUT2D eigenvalue weighted by Crippen LogP contribution is 2.39. The molecule has 0 aromatic rings. The molecule has 1 rings (SSSR count). The van der Waals surface area contributed by atoms with E-state index in [2.05, 4.69) is 33.9 Å². The molecule has 0 aromatic heterocycles. The van der Waals surface area contributed by atoms with Crippen LogP contribution in [-0.4, -0.2) is 13.2 Å². The minimum absolute atomic E-state index is 0.0350. The van der Waals surface area contributed by atoms with Crippen LogP contribution in [0, 0.1) is 5.41 Å². The van der Waals surface area contributed by atoms with Crippen LogP contribution in [0.25, 0.3) is 0 Å². The van der Waals surface area contributed by atoms with Gasteiger partial charge < -0.3 is 9.47 Å². The van der Waals surface area contributed by atoms with Crippen LogP contribution in [0.5, 0.6) is 0 Å². The molecule has 0 spiro atoms. The van der Waals surface area contributed by atoms with Crippen molar-refractivity contribution in [3.8, 4) is 0 Å².